The molecule has 2 rings (SSSR count). The highest BCUT2D eigenvalue weighted by Crippen LogP contribution is 2.28. The van der Waals surface area contributed by atoms with Crippen LogP contribution in [0.1, 0.15) is 28.0 Å². The number of hydrogen-bond acceptors (Lipinski definition) is 4. The van der Waals surface area contributed by atoms with Gasteiger partial charge in [-0.25, -0.2) is 9.78 Å². The van der Waals surface area contributed by atoms with Crippen molar-refractivity contribution in [1.82, 2.24) is 4.98 Å². The Morgan fingerprint density at radius 2 is 2.32 bits per heavy atom. The first kappa shape index (κ1) is 13.8. The number of carboxylic acids is 1. The van der Waals surface area contributed by atoms with Gasteiger partial charge in [-0.1, -0.05) is 0 Å². The summed E-state index contributed by atoms with van der Waals surface area (Å²) in [6.45, 7) is 6.08. The molecule has 2 heterocycles. The number of aryl methyl sites for hydroxylation is 2. The molecule has 1 aromatic heterocycles. The molecule has 0 saturated carbocycles. The first-order valence-corrected chi connectivity index (χ1v) is 6.48. The van der Waals surface area contributed by atoms with Crippen LogP contribution >= 0.6 is 0 Å². The smallest absolute Gasteiger partial charge is 0.339 e. The van der Waals surface area contributed by atoms with E-state index in [4.69, 9.17) is 4.74 Å². The molecule has 0 amide bonds. The summed E-state index contributed by atoms with van der Waals surface area (Å²) >= 11 is 0. The first-order chi connectivity index (χ1) is 9.02. The molecule has 1 saturated heterocycles. The molecule has 1 unspecified atom stereocenters. The number of carbonyl (C=O) groups is 1. The number of anilines is 1. The molecular formula is C14H20N2O3. The molecule has 1 atom stereocenters. The van der Waals surface area contributed by atoms with E-state index in [1.165, 1.54) is 0 Å². The maximum atomic E-state index is 11.4. The summed E-state index contributed by atoms with van der Waals surface area (Å²) < 4.78 is 5.17. The largest absolute Gasteiger partial charge is 0.478 e. The minimum atomic E-state index is -0.907. The molecule has 0 bridgehead atoms. The molecule has 5 heteroatoms. The van der Waals surface area contributed by atoms with Crippen LogP contribution in [0, 0.1) is 19.8 Å². The topological polar surface area (TPSA) is 62.7 Å². The molecule has 0 aromatic carbocycles. The monoisotopic (exact) mass is 264 g/mol. The molecular weight excluding hydrogens is 244 g/mol. The molecule has 1 aliphatic heterocycles. The highest BCUT2D eigenvalue weighted by atomic mass is 16.5. The van der Waals surface area contributed by atoms with Gasteiger partial charge in [-0.3, -0.25) is 0 Å². The van der Waals surface area contributed by atoms with Crippen molar-refractivity contribution in [3.8, 4) is 0 Å². The SMILES string of the molecule is COCC1CCN(c2nc(C)cc(C)c2C(=O)O)C1. The van der Waals surface area contributed by atoms with Crippen molar-refractivity contribution in [2.75, 3.05) is 31.7 Å². The molecule has 5 nitrogen and oxygen atoms in total. The number of carboxylic acid groups (broad SMARTS) is 1. The van der Waals surface area contributed by atoms with Gasteiger partial charge in [-0.15, -0.1) is 0 Å². The number of nitrogens with zero attached hydrogens (tertiary/aromatic N) is 2. The van der Waals surface area contributed by atoms with E-state index in [1.807, 2.05) is 19.9 Å². The van der Waals surface area contributed by atoms with Gasteiger partial charge in [-0.05, 0) is 31.9 Å². The van der Waals surface area contributed by atoms with Crippen molar-refractivity contribution < 1.29 is 14.6 Å². The van der Waals surface area contributed by atoms with Crippen molar-refractivity contribution in [1.29, 1.82) is 0 Å². The molecule has 0 radical (unpaired) electrons. The predicted molar refractivity (Wildman–Crippen MR) is 72.9 cm³/mol. The van der Waals surface area contributed by atoms with Gasteiger partial charge in [0.25, 0.3) is 0 Å². The Labute approximate surface area is 113 Å². The lowest BCUT2D eigenvalue weighted by atomic mass is 10.1. The molecule has 1 aliphatic rings. The average molecular weight is 264 g/mol. The average Bonchev–Trinajstić information content (AvgIpc) is 2.76. The number of aromatic carboxylic acids is 1. The van der Waals surface area contributed by atoms with Gasteiger partial charge in [0.1, 0.15) is 11.4 Å². The Balaban J connectivity index is 2.32. The Bertz CT molecular complexity index is 488. The third kappa shape index (κ3) is 2.87. The Morgan fingerprint density at radius 1 is 1.58 bits per heavy atom. The van der Waals surface area contributed by atoms with E-state index < -0.39 is 5.97 Å². The number of pyridine rings is 1. The fourth-order valence-electron chi connectivity index (χ4n) is 2.71. The van der Waals surface area contributed by atoms with E-state index in [-0.39, 0.29) is 0 Å². The van der Waals surface area contributed by atoms with Crippen LogP contribution < -0.4 is 4.90 Å². The third-order valence-corrected chi connectivity index (χ3v) is 3.53. The van der Waals surface area contributed by atoms with E-state index >= 15 is 0 Å². The van der Waals surface area contributed by atoms with Crippen molar-refractivity contribution in [3.63, 3.8) is 0 Å². The van der Waals surface area contributed by atoms with Crippen molar-refractivity contribution in [2.45, 2.75) is 20.3 Å². The van der Waals surface area contributed by atoms with Gasteiger partial charge in [0.15, 0.2) is 0 Å². The lowest BCUT2D eigenvalue weighted by molar-refractivity contribution is 0.0696. The number of aromatic nitrogens is 1. The summed E-state index contributed by atoms with van der Waals surface area (Å²) in [5.74, 6) is 0.146. The van der Waals surface area contributed by atoms with E-state index in [1.54, 1.807) is 7.11 Å². The second-order valence-electron chi connectivity index (χ2n) is 5.14. The third-order valence-electron chi connectivity index (χ3n) is 3.53. The second kappa shape index (κ2) is 5.57. The Kier molecular flexibility index (Phi) is 4.04. The summed E-state index contributed by atoms with van der Waals surface area (Å²) in [5, 5.41) is 9.38. The summed E-state index contributed by atoms with van der Waals surface area (Å²) in [6.07, 6.45) is 1.02. The fourth-order valence-corrected chi connectivity index (χ4v) is 2.71. The maximum absolute atomic E-state index is 11.4. The van der Waals surface area contributed by atoms with Crippen LogP contribution in [0.25, 0.3) is 0 Å². The summed E-state index contributed by atoms with van der Waals surface area (Å²) in [5.41, 5.74) is 1.95. The molecule has 1 fully saturated rings. The standard InChI is InChI=1S/C14H20N2O3/c1-9-6-10(2)15-13(12(9)14(17)18)16-5-4-11(7-16)8-19-3/h6,11H,4-5,7-8H2,1-3H3,(H,17,18). The van der Waals surface area contributed by atoms with E-state index in [0.29, 0.717) is 23.9 Å². The highest BCUT2D eigenvalue weighted by Gasteiger charge is 2.27. The molecule has 0 aliphatic carbocycles. The predicted octanol–water partition coefficient (Wildman–Crippen LogP) is 1.87. The number of methoxy groups -OCH3 is 1. The zero-order valence-corrected chi connectivity index (χ0v) is 11.6. The van der Waals surface area contributed by atoms with Crippen molar-refractivity contribution in [3.05, 3.63) is 22.9 Å². The van der Waals surface area contributed by atoms with Gasteiger partial charge >= 0.3 is 5.97 Å². The van der Waals surface area contributed by atoms with Crippen LogP contribution in [0.5, 0.6) is 0 Å². The van der Waals surface area contributed by atoms with Gasteiger partial charge in [0, 0.05) is 31.8 Å². The van der Waals surface area contributed by atoms with Crippen LogP contribution in [-0.2, 0) is 4.74 Å². The van der Waals surface area contributed by atoms with Gasteiger partial charge in [-0.2, -0.15) is 0 Å². The Morgan fingerprint density at radius 3 is 2.95 bits per heavy atom. The zero-order valence-electron chi connectivity index (χ0n) is 11.6. The summed E-state index contributed by atoms with van der Waals surface area (Å²) in [4.78, 5) is 17.9. The molecule has 19 heavy (non-hydrogen) atoms. The molecule has 104 valence electrons. The van der Waals surface area contributed by atoms with Gasteiger partial charge in [0.05, 0.1) is 6.61 Å². The first-order valence-electron chi connectivity index (χ1n) is 6.48. The summed E-state index contributed by atoms with van der Waals surface area (Å²) in [7, 11) is 1.69. The van der Waals surface area contributed by atoms with Crippen molar-refractivity contribution >= 4 is 11.8 Å². The van der Waals surface area contributed by atoms with Crippen LogP contribution in [0.2, 0.25) is 0 Å². The fraction of sp³-hybridized carbons (Fsp3) is 0.571. The van der Waals surface area contributed by atoms with E-state index in [0.717, 1.165) is 30.8 Å². The highest BCUT2D eigenvalue weighted by molar-refractivity contribution is 5.95. The van der Waals surface area contributed by atoms with Gasteiger partial charge < -0.3 is 14.7 Å². The number of rotatable bonds is 4. The van der Waals surface area contributed by atoms with Crippen LogP contribution in [0.4, 0.5) is 5.82 Å². The second-order valence-corrected chi connectivity index (χ2v) is 5.14. The Hall–Kier alpha value is -1.62. The lowest BCUT2D eigenvalue weighted by Gasteiger charge is -2.21. The summed E-state index contributed by atoms with van der Waals surface area (Å²) in [6, 6.07) is 1.82. The quantitative estimate of drug-likeness (QED) is 0.899. The van der Waals surface area contributed by atoms with E-state index in [2.05, 4.69) is 9.88 Å². The van der Waals surface area contributed by atoms with Gasteiger partial charge in [0.2, 0.25) is 0 Å². The molecule has 1 aromatic rings. The lowest BCUT2D eigenvalue weighted by Crippen LogP contribution is -2.25. The number of hydrogen-bond donors (Lipinski definition) is 1. The van der Waals surface area contributed by atoms with Crippen LogP contribution in [-0.4, -0.2) is 42.9 Å². The minimum absolute atomic E-state index is 0.323. The molecule has 0 spiro atoms. The maximum Gasteiger partial charge on any atom is 0.339 e. The molecule has 1 N–H and O–H groups in total. The van der Waals surface area contributed by atoms with Crippen LogP contribution in [0.15, 0.2) is 6.07 Å². The zero-order chi connectivity index (χ0) is 14.0. The van der Waals surface area contributed by atoms with Crippen molar-refractivity contribution in [2.24, 2.45) is 5.92 Å². The normalized spacial score (nSPS) is 18.9. The number of ether oxygens (including phenoxy) is 1. The minimum Gasteiger partial charge on any atom is -0.478 e. The van der Waals surface area contributed by atoms with E-state index in [9.17, 15) is 9.90 Å². The van der Waals surface area contributed by atoms with Crippen LogP contribution in [0.3, 0.4) is 0 Å².